The highest BCUT2D eigenvalue weighted by Crippen LogP contribution is 2.17. The molecule has 0 aliphatic heterocycles. The Hall–Kier alpha value is -0.410. The first kappa shape index (κ1) is 8.68. The van der Waals surface area contributed by atoms with E-state index in [0.29, 0.717) is 5.56 Å². The summed E-state index contributed by atoms with van der Waals surface area (Å²) < 4.78 is 12.8. The Labute approximate surface area is 73.0 Å². The van der Waals surface area contributed by atoms with Crippen LogP contribution in [0.4, 0.5) is 4.39 Å². The number of hydrogen-bond acceptors (Lipinski definition) is 1. The van der Waals surface area contributed by atoms with Gasteiger partial charge in [0, 0.05) is 4.47 Å². The SMILES string of the molecule is O[C@H](CF)c1cccc(Br)c1. The average molecular weight is 219 g/mol. The largest absolute Gasteiger partial charge is 0.386 e. The van der Waals surface area contributed by atoms with Crippen molar-refractivity contribution in [1.29, 1.82) is 0 Å². The Morgan fingerprint density at radius 2 is 2.27 bits per heavy atom. The van der Waals surface area contributed by atoms with Gasteiger partial charge in [-0.2, -0.15) is 0 Å². The molecule has 0 saturated heterocycles. The van der Waals surface area contributed by atoms with Crippen molar-refractivity contribution < 1.29 is 9.50 Å². The summed E-state index contributed by atoms with van der Waals surface area (Å²) in [7, 11) is 0. The van der Waals surface area contributed by atoms with Crippen molar-refractivity contribution in [3.63, 3.8) is 0 Å². The first-order chi connectivity index (χ1) is 5.24. The maximum atomic E-state index is 11.9. The van der Waals surface area contributed by atoms with Gasteiger partial charge in [-0.1, -0.05) is 28.1 Å². The van der Waals surface area contributed by atoms with E-state index in [-0.39, 0.29) is 0 Å². The van der Waals surface area contributed by atoms with Gasteiger partial charge in [0.1, 0.15) is 12.8 Å². The summed E-state index contributed by atoms with van der Waals surface area (Å²) in [5.74, 6) is 0. The molecule has 1 N–H and O–H groups in total. The molecule has 1 nitrogen and oxygen atoms in total. The summed E-state index contributed by atoms with van der Waals surface area (Å²) >= 11 is 3.23. The lowest BCUT2D eigenvalue weighted by atomic mass is 10.1. The summed E-state index contributed by atoms with van der Waals surface area (Å²) in [6.07, 6.45) is -0.993. The van der Waals surface area contributed by atoms with Crippen LogP contribution in [0.1, 0.15) is 11.7 Å². The van der Waals surface area contributed by atoms with Crippen LogP contribution >= 0.6 is 15.9 Å². The summed E-state index contributed by atoms with van der Waals surface area (Å²) in [5, 5.41) is 9.06. The van der Waals surface area contributed by atoms with Gasteiger partial charge in [0.25, 0.3) is 0 Å². The lowest BCUT2D eigenvalue weighted by Gasteiger charge is -2.05. The van der Waals surface area contributed by atoms with Crippen LogP contribution in [0, 0.1) is 0 Å². The molecule has 1 rings (SSSR count). The summed E-state index contributed by atoms with van der Waals surface area (Å²) in [5.41, 5.74) is 0.599. The number of aliphatic hydroxyl groups excluding tert-OH is 1. The van der Waals surface area contributed by atoms with Gasteiger partial charge in [0.05, 0.1) is 0 Å². The fraction of sp³-hybridized carbons (Fsp3) is 0.250. The van der Waals surface area contributed by atoms with Gasteiger partial charge < -0.3 is 5.11 Å². The molecule has 60 valence electrons. The van der Waals surface area contributed by atoms with Crippen LogP contribution in [-0.4, -0.2) is 11.8 Å². The molecule has 0 saturated carbocycles. The van der Waals surface area contributed by atoms with E-state index >= 15 is 0 Å². The summed E-state index contributed by atoms with van der Waals surface area (Å²) in [6, 6.07) is 6.98. The molecule has 0 radical (unpaired) electrons. The molecule has 1 aromatic rings. The van der Waals surface area contributed by atoms with Crippen LogP contribution < -0.4 is 0 Å². The molecule has 1 atom stereocenters. The highest BCUT2D eigenvalue weighted by atomic mass is 79.9. The Morgan fingerprint density at radius 1 is 1.55 bits per heavy atom. The third kappa shape index (κ3) is 2.27. The predicted molar refractivity (Wildman–Crippen MR) is 45.1 cm³/mol. The number of alkyl halides is 1. The van der Waals surface area contributed by atoms with Crippen LogP contribution in [0.15, 0.2) is 28.7 Å². The average Bonchev–Trinajstić information content (AvgIpc) is 2.03. The van der Waals surface area contributed by atoms with Crippen molar-refractivity contribution in [1.82, 2.24) is 0 Å². The zero-order valence-electron chi connectivity index (χ0n) is 5.80. The van der Waals surface area contributed by atoms with Crippen molar-refractivity contribution in [3.8, 4) is 0 Å². The van der Waals surface area contributed by atoms with Crippen molar-refractivity contribution >= 4 is 15.9 Å². The van der Waals surface area contributed by atoms with E-state index in [2.05, 4.69) is 15.9 Å². The summed E-state index contributed by atoms with van der Waals surface area (Å²) in [6.45, 7) is -0.740. The molecule has 0 aromatic heterocycles. The molecule has 0 aliphatic carbocycles. The van der Waals surface area contributed by atoms with Gasteiger partial charge in [-0.15, -0.1) is 0 Å². The standard InChI is InChI=1S/C8H8BrFO/c9-7-3-1-2-6(4-7)8(11)5-10/h1-4,8,11H,5H2/t8-/m1/s1. The van der Waals surface area contributed by atoms with Gasteiger partial charge in [0.15, 0.2) is 0 Å². The van der Waals surface area contributed by atoms with E-state index in [9.17, 15) is 4.39 Å². The molecule has 0 heterocycles. The minimum Gasteiger partial charge on any atom is -0.386 e. The van der Waals surface area contributed by atoms with Crippen LogP contribution in [0.5, 0.6) is 0 Å². The van der Waals surface area contributed by atoms with E-state index < -0.39 is 12.8 Å². The zero-order chi connectivity index (χ0) is 8.27. The second-order valence-electron chi connectivity index (χ2n) is 2.23. The number of benzene rings is 1. The highest BCUT2D eigenvalue weighted by Gasteiger charge is 2.05. The number of hydrogen-bond donors (Lipinski definition) is 1. The second-order valence-corrected chi connectivity index (χ2v) is 3.14. The molecule has 0 fully saturated rings. The van der Waals surface area contributed by atoms with Gasteiger partial charge >= 0.3 is 0 Å². The van der Waals surface area contributed by atoms with Crippen LogP contribution in [0.25, 0.3) is 0 Å². The van der Waals surface area contributed by atoms with E-state index in [0.717, 1.165) is 4.47 Å². The number of rotatable bonds is 2. The van der Waals surface area contributed by atoms with Gasteiger partial charge in [-0.25, -0.2) is 4.39 Å². The second kappa shape index (κ2) is 3.83. The Bertz CT molecular complexity index is 239. The number of halogens is 2. The van der Waals surface area contributed by atoms with Gasteiger partial charge in [-0.3, -0.25) is 0 Å². The number of aliphatic hydroxyl groups is 1. The topological polar surface area (TPSA) is 20.2 Å². The molecule has 0 aliphatic rings. The Kier molecular flexibility index (Phi) is 3.02. The van der Waals surface area contributed by atoms with E-state index in [1.807, 2.05) is 6.07 Å². The molecule has 0 bridgehead atoms. The maximum absolute atomic E-state index is 11.9. The van der Waals surface area contributed by atoms with Crippen molar-refractivity contribution in [2.75, 3.05) is 6.67 Å². The van der Waals surface area contributed by atoms with E-state index in [1.165, 1.54) is 0 Å². The molecule has 0 spiro atoms. The maximum Gasteiger partial charge on any atom is 0.119 e. The molecular weight excluding hydrogens is 211 g/mol. The first-order valence-corrected chi connectivity index (χ1v) is 4.03. The summed E-state index contributed by atoms with van der Waals surface area (Å²) in [4.78, 5) is 0. The Morgan fingerprint density at radius 3 is 2.82 bits per heavy atom. The third-order valence-corrected chi connectivity index (χ3v) is 1.87. The minimum absolute atomic E-state index is 0.599. The molecule has 3 heteroatoms. The molecule has 0 unspecified atom stereocenters. The van der Waals surface area contributed by atoms with Crippen LogP contribution in [-0.2, 0) is 0 Å². The van der Waals surface area contributed by atoms with E-state index in [1.54, 1.807) is 18.2 Å². The molecular formula is C8H8BrFO. The fourth-order valence-electron chi connectivity index (χ4n) is 0.803. The van der Waals surface area contributed by atoms with Crippen molar-refractivity contribution in [2.45, 2.75) is 6.10 Å². The van der Waals surface area contributed by atoms with E-state index in [4.69, 9.17) is 5.11 Å². The Balaban J connectivity index is 2.86. The third-order valence-electron chi connectivity index (χ3n) is 1.38. The fourth-order valence-corrected chi connectivity index (χ4v) is 1.22. The smallest absolute Gasteiger partial charge is 0.119 e. The molecule has 1 aromatic carbocycles. The molecule has 0 amide bonds. The van der Waals surface area contributed by atoms with Crippen molar-refractivity contribution in [3.05, 3.63) is 34.3 Å². The quantitative estimate of drug-likeness (QED) is 0.809. The van der Waals surface area contributed by atoms with Gasteiger partial charge in [-0.05, 0) is 17.7 Å². The first-order valence-electron chi connectivity index (χ1n) is 3.23. The van der Waals surface area contributed by atoms with Gasteiger partial charge in [0.2, 0.25) is 0 Å². The monoisotopic (exact) mass is 218 g/mol. The predicted octanol–water partition coefficient (Wildman–Crippen LogP) is 2.45. The molecule has 11 heavy (non-hydrogen) atoms. The van der Waals surface area contributed by atoms with Crippen LogP contribution in [0.3, 0.4) is 0 Å². The van der Waals surface area contributed by atoms with Crippen molar-refractivity contribution in [2.24, 2.45) is 0 Å². The lowest BCUT2D eigenvalue weighted by molar-refractivity contribution is 0.141. The van der Waals surface area contributed by atoms with Crippen LogP contribution in [0.2, 0.25) is 0 Å². The zero-order valence-corrected chi connectivity index (χ0v) is 7.38. The highest BCUT2D eigenvalue weighted by molar-refractivity contribution is 9.10. The minimum atomic E-state index is -0.993. The lowest BCUT2D eigenvalue weighted by Crippen LogP contribution is -1.98. The normalized spacial score (nSPS) is 13.0.